The summed E-state index contributed by atoms with van der Waals surface area (Å²) in [5, 5.41) is 0. The Bertz CT molecular complexity index is 977. The molecule has 1 amide bonds. The van der Waals surface area contributed by atoms with Crippen molar-refractivity contribution < 1.29 is 27.4 Å². The Labute approximate surface area is 170 Å². The second-order valence-electron chi connectivity index (χ2n) is 6.51. The Morgan fingerprint density at radius 2 is 1.86 bits per heavy atom. The number of nitrogens with one attached hydrogen (secondary N) is 1. The Hall–Kier alpha value is -2.78. The van der Waals surface area contributed by atoms with Crippen LogP contribution in [0.3, 0.4) is 0 Å². The first-order valence-corrected chi connectivity index (χ1v) is 10.6. The highest BCUT2D eigenvalue weighted by atomic mass is 32.2. The van der Waals surface area contributed by atoms with Gasteiger partial charge in [0.15, 0.2) is 11.5 Å². The van der Waals surface area contributed by atoms with E-state index in [1.807, 2.05) is 24.3 Å². The van der Waals surface area contributed by atoms with Gasteiger partial charge in [0.25, 0.3) is 0 Å². The molecule has 1 heterocycles. The molecular formula is C20H24N2O6S. The molecule has 8 nitrogen and oxygen atoms in total. The Kier molecular flexibility index (Phi) is 6.60. The molecule has 0 bridgehead atoms. The highest BCUT2D eigenvalue weighted by Crippen LogP contribution is 2.32. The van der Waals surface area contributed by atoms with Gasteiger partial charge in [-0.2, -0.15) is 0 Å². The van der Waals surface area contributed by atoms with Gasteiger partial charge >= 0.3 is 0 Å². The molecule has 1 aliphatic heterocycles. The number of nitrogens with zero attached hydrogens (tertiary/aromatic N) is 1. The Balaban J connectivity index is 1.55. The van der Waals surface area contributed by atoms with Gasteiger partial charge in [0, 0.05) is 38.2 Å². The highest BCUT2D eigenvalue weighted by Gasteiger charge is 2.20. The molecule has 2 aromatic rings. The average molecular weight is 420 g/mol. The lowest BCUT2D eigenvalue weighted by Crippen LogP contribution is -2.32. The minimum atomic E-state index is -3.76. The van der Waals surface area contributed by atoms with E-state index in [2.05, 4.69) is 4.72 Å². The fourth-order valence-corrected chi connectivity index (χ4v) is 3.98. The SMILES string of the molecule is COc1ccccc1CN(C)C(=O)CCNS(=O)(=O)c1ccc2c(c1)OCCO2. The summed E-state index contributed by atoms with van der Waals surface area (Å²) >= 11 is 0. The molecule has 0 fully saturated rings. The molecule has 0 aliphatic carbocycles. The summed E-state index contributed by atoms with van der Waals surface area (Å²) in [6, 6.07) is 11.9. The van der Waals surface area contributed by atoms with Crippen molar-refractivity contribution in [2.45, 2.75) is 17.9 Å². The van der Waals surface area contributed by atoms with Crippen LogP contribution in [-0.2, 0) is 21.4 Å². The van der Waals surface area contributed by atoms with Crippen LogP contribution in [0.1, 0.15) is 12.0 Å². The van der Waals surface area contributed by atoms with Gasteiger partial charge in [-0.15, -0.1) is 0 Å². The minimum Gasteiger partial charge on any atom is -0.496 e. The molecule has 0 atom stereocenters. The van der Waals surface area contributed by atoms with Crippen LogP contribution in [0.4, 0.5) is 0 Å². The van der Waals surface area contributed by atoms with Crippen molar-refractivity contribution in [3.05, 3.63) is 48.0 Å². The monoisotopic (exact) mass is 420 g/mol. The molecule has 0 saturated carbocycles. The number of hydrogen-bond acceptors (Lipinski definition) is 6. The number of fused-ring (bicyclic) bond motifs is 1. The summed E-state index contributed by atoms with van der Waals surface area (Å²) in [4.78, 5) is 14.0. The molecule has 156 valence electrons. The second kappa shape index (κ2) is 9.15. The lowest BCUT2D eigenvalue weighted by molar-refractivity contribution is -0.130. The van der Waals surface area contributed by atoms with Gasteiger partial charge in [-0.05, 0) is 18.2 Å². The Morgan fingerprint density at radius 3 is 2.62 bits per heavy atom. The molecule has 0 radical (unpaired) electrons. The molecular weight excluding hydrogens is 396 g/mol. The summed E-state index contributed by atoms with van der Waals surface area (Å²) in [7, 11) is -0.514. The van der Waals surface area contributed by atoms with Crippen LogP contribution in [0.2, 0.25) is 0 Å². The fourth-order valence-electron chi connectivity index (χ4n) is 2.93. The number of benzene rings is 2. The first kappa shape index (κ1) is 20.9. The number of hydrogen-bond donors (Lipinski definition) is 1. The maximum absolute atomic E-state index is 12.5. The van der Waals surface area contributed by atoms with E-state index in [1.54, 1.807) is 20.2 Å². The summed E-state index contributed by atoms with van der Waals surface area (Å²) in [6.45, 7) is 1.17. The zero-order valence-corrected chi connectivity index (χ0v) is 17.2. The van der Waals surface area contributed by atoms with E-state index in [4.69, 9.17) is 14.2 Å². The molecule has 0 spiro atoms. The standard InChI is InChI=1S/C20H24N2O6S/c1-22(14-15-5-3-4-6-17(15)26-2)20(23)9-10-21-29(24,25)16-7-8-18-19(13-16)28-12-11-27-18/h3-8,13,21H,9-12,14H2,1-2H3. The molecule has 2 aromatic carbocycles. The number of carbonyl (C=O) groups excluding carboxylic acids is 1. The maximum atomic E-state index is 12.5. The third-order valence-corrected chi connectivity index (χ3v) is 5.94. The van der Waals surface area contributed by atoms with Crippen LogP contribution in [0.5, 0.6) is 17.2 Å². The maximum Gasteiger partial charge on any atom is 0.240 e. The number of ether oxygens (including phenoxy) is 3. The van der Waals surface area contributed by atoms with Crippen molar-refractivity contribution >= 4 is 15.9 Å². The largest absolute Gasteiger partial charge is 0.496 e. The van der Waals surface area contributed by atoms with Crippen molar-refractivity contribution in [3.63, 3.8) is 0 Å². The van der Waals surface area contributed by atoms with Gasteiger partial charge in [0.05, 0.1) is 12.0 Å². The van der Waals surface area contributed by atoms with Gasteiger partial charge < -0.3 is 19.1 Å². The van der Waals surface area contributed by atoms with Gasteiger partial charge in [-0.3, -0.25) is 4.79 Å². The highest BCUT2D eigenvalue weighted by molar-refractivity contribution is 7.89. The second-order valence-corrected chi connectivity index (χ2v) is 8.28. The van der Waals surface area contributed by atoms with E-state index in [9.17, 15) is 13.2 Å². The molecule has 9 heteroatoms. The molecule has 1 aliphatic rings. The number of amides is 1. The minimum absolute atomic E-state index is 0.00806. The zero-order chi connectivity index (χ0) is 20.9. The first-order valence-electron chi connectivity index (χ1n) is 9.16. The van der Waals surface area contributed by atoms with Crippen LogP contribution in [0.25, 0.3) is 0 Å². The van der Waals surface area contributed by atoms with Crippen LogP contribution >= 0.6 is 0 Å². The van der Waals surface area contributed by atoms with Crippen molar-refractivity contribution in [2.75, 3.05) is 33.9 Å². The van der Waals surface area contributed by atoms with Crippen molar-refractivity contribution in [3.8, 4) is 17.2 Å². The molecule has 0 unspecified atom stereocenters. The van der Waals surface area contributed by atoms with E-state index in [-0.39, 0.29) is 23.8 Å². The van der Waals surface area contributed by atoms with Crippen molar-refractivity contribution in [1.82, 2.24) is 9.62 Å². The fraction of sp³-hybridized carbons (Fsp3) is 0.350. The van der Waals surface area contributed by atoms with E-state index < -0.39 is 10.0 Å². The molecule has 29 heavy (non-hydrogen) atoms. The number of carbonyl (C=O) groups is 1. The van der Waals surface area contributed by atoms with E-state index in [0.717, 1.165) is 5.56 Å². The third kappa shape index (κ3) is 5.18. The lowest BCUT2D eigenvalue weighted by Gasteiger charge is -2.20. The lowest BCUT2D eigenvalue weighted by atomic mass is 10.2. The van der Waals surface area contributed by atoms with Crippen molar-refractivity contribution in [2.24, 2.45) is 0 Å². The molecule has 0 aromatic heterocycles. The van der Waals surface area contributed by atoms with Crippen LogP contribution in [0, 0.1) is 0 Å². The number of methoxy groups -OCH3 is 1. The first-order chi connectivity index (χ1) is 13.9. The van der Waals surface area contributed by atoms with Gasteiger partial charge in [-0.25, -0.2) is 13.1 Å². The normalized spacial score (nSPS) is 13.0. The van der Waals surface area contributed by atoms with Crippen LogP contribution in [0.15, 0.2) is 47.4 Å². The molecule has 0 saturated heterocycles. The van der Waals surface area contributed by atoms with Gasteiger partial charge in [-0.1, -0.05) is 18.2 Å². The Morgan fingerprint density at radius 1 is 1.14 bits per heavy atom. The summed E-state index contributed by atoms with van der Waals surface area (Å²) in [5.74, 6) is 1.43. The van der Waals surface area contributed by atoms with Gasteiger partial charge in [0.1, 0.15) is 19.0 Å². The van der Waals surface area contributed by atoms with Crippen molar-refractivity contribution in [1.29, 1.82) is 0 Å². The summed E-state index contributed by atoms with van der Waals surface area (Å²) in [5.41, 5.74) is 0.878. The van der Waals surface area contributed by atoms with E-state index in [0.29, 0.717) is 37.0 Å². The van der Waals surface area contributed by atoms with E-state index >= 15 is 0 Å². The third-order valence-electron chi connectivity index (χ3n) is 4.48. The number of sulfonamides is 1. The van der Waals surface area contributed by atoms with Crippen LogP contribution < -0.4 is 18.9 Å². The number of rotatable bonds is 8. The van der Waals surface area contributed by atoms with Crippen LogP contribution in [-0.4, -0.2) is 53.1 Å². The summed E-state index contributed by atoms with van der Waals surface area (Å²) < 4.78 is 43.6. The van der Waals surface area contributed by atoms with Gasteiger partial charge in [0.2, 0.25) is 15.9 Å². The average Bonchev–Trinajstić information content (AvgIpc) is 2.73. The predicted molar refractivity (Wildman–Crippen MR) is 107 cm³/mol. The predicted octanol–water partition coefficient (Wildman–Crippen LogP) is 1.79. The van der Waals surface area contributed by atoms with E-state index in [1.165, 1.54) is 17.0 Å². The summed E-state index contributed by atoms with van der Waals surface area (Å²) in [6.07, 6.45) is 0.0371. The zero-order valence-electron chi connectivity index (χ0n) is 16.4. The molecule has 3 rings (SSSR count). The molecule has 1 N–H and O–H groups in total. The quantitative estimate of drug-likeness (QED) is 0.700. The smallest absolute Gasteiger partial charge is 0.240 e. The number of para-hydroxylation sites is 1. The topological polar surface area (TPSA) is 94.2 Å².